The summed E-state index contributed by atoms with van der Waals surface area (Å²) in [6.45, 7) is 4.02. The molecule has 5 nitrogen and oxygen atoms in total. The lowest BCUT2D eigenvalue weighted by molar-refractivity contribution is 0.130. The molecule has 0 bridgehead atoms. The molecule has 1 aromatic carbocycles. The molecule has 3 rings (SSSR count). The number of benzene rings is 1. The van der Waals surface area contributed by atoms with Crippen LogP contribution in [0, 0.1) is 0 Å². The van der Waals surface area contributed by atoms with Gasteiger partial charge in [-0.1, -0.05) is 31.4 Å². The van der Waals surface area contributed by atoms with E-state index in [0.717, 1.165) is 24.8 Å². The Balaban J connectivity index is 0.000000229. The van der Waals surface area contributed by atoms with Crippen LogP contribution in [0.4, 0.5) is 4.79 Å². The van der Waals surface area contributed by atoms with Crippen LogP contribution in [0.25, 0.3) is 0 Å². The summed E-state index contributed by atoms with van der Waals surface area (Å²) in [5.74, 6) is 1.15. The van der Waals surface area contributed by atoms with Crippen molar-refractivity contribution in [2.75, 3.05) is 7.05 Å². The Morgan fingerprint density at radius 1 is 1.30 bits per heavy atom. The van der Waals surface area contributed by atoms with E-state index in [9.17, 15) is 4.79 Å². The number of aliphatic hydroxyl groups is 1. The molecule has 0 unspecified atom stereocenters. The molecule has 0 saturated heterocycles. The lowest BCUT2D eigenvalue weighted by Crippen LogP contribution is -2.25. The quantitative estimate of drug-likeness (QED) is 0.831. The molecule has 1 fully saturated rings. The minimum absolute atomic E-state index is 0.0359. The number of aliphatic hydroxyl groups excluding tert-OH is 1. The first-order valence-electron chi connectivity index (χ1n) is 8.30. The Kier molecular flexibility index (Phi) is 5.88. The maximum Gasteiger partial charge on any atom is 0.412 e. The van der Waals surface area contributed by atoms with Gasteiger partial charge in [-0.2, -0.15) is 0 Å². The standard InChI is InChI=1S/C12H15NO3.C6H12O/c1-12(2)7-8-5-4-6-9(10(8)16-12)15-11(14)13-3;7-6-4-2-1-3-5-6/h4-6H,7H2,1-3H3,(H,13,14);6-7H,1-5H2. The number of rotatable bonds is 1. The first kappa shape index (κ1) is 17.6. The fraction of sp³-hybridized carbons (Fsp3) is 0.611. The zero-order valence-corrected chi connectivity index (χ0v) is 14.2. The molecular formula is C18H27NO4. The number of carbonyl (C=O) groups excluding carboxylic acids is 1. The SMILES string of the molecule is CNC(=O)Oc1cccc2c1OC(C)(C)C2.OC1CCCCC1. The number of fused-ring (bicyclic) bond motifs is 1. The topological polar surface area (TPSA) is 67.8 Å². The molecule has 1 aromatic rings. The van der Waals surface area contributed by atoms with Gasteiger partial charge in [-0.05, 0) is 32.8 Å². The first-order valence-corrected chi connectivity index (χ1v) is 8.30. The number of para-hydroxylation sites is 1. The first-order chi connectivity index (χ1) is 10.9. The molecule has 2 N–H and O–H groups in total. The molecule has 0 spiro atoms. The van der Waals surface area contributed by atoms with Gasteiger partial charge in [0, 0.05) is 19.0 Å². The lowest BCUT2D eigenvalue weighted by Gasteiger charge is -2.17. The molecule has 2 aliphatic rings. The van der Waals surface area contributed by atoms with Gasteiger partial charge in [-0.25, -0.2) is 4.79 Å². The number of hydrogen-bond donors (Lipinski definition) is 2. The van der Waals surface area contributed by atoms with Crippen LogP contribution in [0.5, 0.6) is 11.5 Å². The summed E-state index contributed by atoms with van der Waals surface area (Å²) >= 11 is 0. The molecule has 1 aliphatic carbocycles. The summed E-state index contributed by atoms with van der Waals surface area (Å²) in [5.41, 5.74) is 0.844. The van der Waals surface area contributed by atoms with Crippen LogP contribution in [0.2, 0.25) is 0 Å². The Hall–Kier alpha value is -1.75. The highest BCUT2D eigenvalue weighted by Crippen LogP contribution is 2.41. The van der Waals surface area contributed by atoms with E-state index in [0.29, 0.717) is 11.5 Å². The van der Waals surface area contributed by atoms with E-state index in [4.69, 9.17) is 14.6 Å². The predicted molar refractivity (Wildman–Crippen MR) is 89.0 cm³/mol. The smallest absolute Gasteiger partial charge is 0.412 e. The summed E-state index contributed by atoms with van der Waals surface area (Å²) in [5, 5.41) is 11.3. The van der Waals surface area contributed by atoms with Gasteiger partial charge in [0.1, 0.15) is 5.60 Å². The van der Waals surface area contributed by atoms with E-state index < -0.39 is 6.09 Å². The van der Waals surface area contributed by atoms with Gasteiger partial charge in [0.25, 0.3) is 0 Å². The normalized spacial score (nSPS) is 19.0. The van der Waals surface area contributed by atoms with Crippen LogP contribution in [0.15, 0.2) is 18.2 Å². The van der Waals surface area contributed by atoms with E-state index in [1.54, 1.807) is 6.07 Å². The number of amides is 1. The summed E-state index contributed by atoms with van der Waals surface area (Å²) < 4.78 is 10.9. The van der Waals surface area contributed by atoms with E-state index in [-0.39, 0.29) is 11.7 Å². The average molecular weight is 321 g/mol. The van der Waals surface area contributed by atoms with Gasteiger partial charge in [0.2, 0.25) is 0 Å². The van der Waals surface area contributed by atoms with Gasteiger partial charge in [0.05, 0.1) is 6.10 Å². The third kappa shape index (κ3) is 5.13. The van der Waals surface area contributed by atoms with Crippen LogP contribution < -0.4 is 14.8 Å². The molecule has 23 heavy (non-hydrogen) atoms. The molecule has 128 valence electrons. The van der Waals surface area contributed by atoms with Gasteiger partial charge < -0.3 is 19.9 Å². The van der Waals surface area contributed by atoms with Gasteiger partial charge in [0.15, 0.2) is 11.5 Å². The van der Waals surface area contributed by atoms with Crippen molar-refractivity contribution in [1.29, 1.82) is 0 Å². The van der Waals surface area contributed by atoms with Crippen molar-refractivity contribution in [3.05, 3.63) is 23.8 Å². The van der Waals surface area contributed by atoms with Crippen LogP contribution >= 0.6 is 0 Å². The number of nitrogens with one attached hydrogen (secondary N) is 1. The zero-order valence-electron chi connectivity index (χ0n) is 14.2. The van der Waals surface area contributed by atoms with Crippen molar-refractivity contribution in [2.24, 2.45) is 0 Å². The Labute approximate surface area is 138 Å². The molecule has 1 heterocycles. The summed E-state index contributed by atoms with van der Waals surface area (Å²) in [4.78, 5) is 11.2. The highest BCUT2D eigenvalue weighted by molar-refractivity contribution is 5.71. The van der Waals surface area contributed by atoms with Crippen LogP contribution in [0.3, 0.4) is 0 Å². The van der Waals surface area contributed by atoms with Gasteiger partial charge >= 0.3 is 6.09 Å². The van der Waals surface area contributed by atoms with E-state index in [1.165, 1.54) is 26.3 Å². The Morgan fingerprint density at radius 3 is 2.57 bits per heavy atom. The fourth-order valence-electron chi connectivity index (χ4n) is 2.90. The molecular weight excluding hydrogens is 294 g/mol. The summed E-state index contributed by atoms with van der Waals surface area (Å²) in [6, 6.07) is 5.58. The maximum absolute atomic E-state index is 11.2. The number of ether oxygens (including phenoxy) is 2. The lowest BCUT2D eigenvalue weighted by atomic mass is 9.98. The third-order valence-corrected chi connectivity index (χ3v) is 4.04. The molecule has 0 radical (unpaired) electrons. The van der Waals surface area contributed by atoms with Crippen LogP contribution in [0.1, 0.15) is 51.5 Å². The number of carbonyl (C=O) groups is 1. The molecule has 1 amide bonds. The second kappa shape index (κ2) is 7.68. The Morgan fingerprint density at radius 2 is 2.00 bits per heavy atom. The molecule has 0 atom stereocenters. The third-order valence-electron chi connectivity index (χ3n) is 4.04. The van der Waals surface area contributed by atoms with Crippen molar-refractivity contribution in [3.8, 4) is 11.5 Å². The summed E-state index contributed by atoms with van der Waals surface area (Å²) in [6.07, 6.45) is 6.27. The second-order valence-corrected chi connectivity index (χ2v) is 6.71. The Bertz CT molecular complexity index is 536. The van der Waals surface area contributed by atoms with E-state index >= 15 is 0 Å². The van der Waals surface area contributed by atoms with Crippen molar-refractivity contribution in [1.82, 2.24) is 5.32 Å². The fourth-order valence-corrected chi connectivity index (χ4v) is 2.90. The monoisotopic (exact) mass is 321 g/mol. The molecule has 5 heteroatoms. The van der Waals surface area contributed by atoms with Crippen LogP contribution in [-0.4, -0.2) is 30.0 Å². The molecule has 1 aliphatic heterocycles. The molecule has 1 saturated carbocycles. The van der Waals surface area contributed by atoms with Gasteiger partial charge in [-0.15, -0.1) is 0 Å². The van der Waals surface area contributed by atoms with Crippen molar-refractivity contribution >= 4 is 6.09 Å². The minimum Gasteiger partial charge on any atom is -0.483 e. The minimum atomic E-state index is -0.485. The maximum atomic E-state index is 11.2. The zero-order chi connectivity index (χ0) is 16.9. The average Bonchev–Trinajstić information content (AvgIpc) is 2.83. The predicted octanol–water partition coefficient (Wildman–Crippen LogP) is 3.43. The largest absolute Gasteiger partial charge is 0.483 e. The second-order valence-electron chi connectivity index (χ2n) is 6.71. The highest BCUT2D eigenvalue weighted by Gasteiger charge is 2.32. The van der Waals surface area contributed by atoms with Crippen molar-refractivity contribution in [2.45, 2.75) is 64.1 Å². The van der Waals surface area contributed by atoms with E-state index in [2.05, 4.69) is 5.32 Å². The molecule has 0 aromatic heterocycles. The number of hydrogen-bond acceptors (Lipinski definition) is 4. The van der Waals surface area contributed by atoms with Gasteiger partial charge in [-0.3, -0.25) is 0 Å². The summed E-state index contributed by atoms with van der Waals surface area (Å²) in [7, 11) is 1.52. The van der Waals surface area contributed by atoms with E-state index in [1.807, 2.05) is 26.0 Å². The van der Waals surface area contributed by atoms with Crippen LogP contribution in [-0.2, 0) is 6.42 Å². The van der Waals surface area contributed by atoms with Crippen molar-refractivity contribution in [3.63, 3.8) is 0 Å². The highest BCUT2D eigenvalue weighted by atomic mass is 16.6. The van der Waals surface area contributed by atoms with Crippen molar-refractivity contribution < 1.29 is 19.4 Å².